The van der Waals surface area contributed by atoms with E-state index in [9.17, 15) is 12.8 Å². The van der Waals surface area contributed by atoms with Gasteiger partial charge in [-0.15, -0.1) is 0 Å². The number of anilines is 1. The summed E-state index contributed by atoms with van der Waals surface area (Å²) in [5.74, 6) is 0.141. The van der Waals surface area contributed by atoms with Gasteiger partial charge in [0.25, 0.3) is 0 Å². The van der Waals surface area contributed by atoms with Gasteiger partial charge in [-0.1, -0.05) is 25.4 Å². The Labute approximate surface area is 146 Å². The summed E-state index contributed by atoms with van der Waals surface area (Å²) < 4.78 is 36.7. The van der Waals surface area contributed by atoms with E-state index in [2.05, 4.69) is 5.32 Å². The van der Waals surface area contributed by atoms with E-state index in [0.717, 1.165) is 0 Å². The minimum atomic E-state index is -2.99. The molecule has 0 bridgehead atoms. The van der Waals surface area contributed by atoms with Gasteiger partial charge in [-0.05, 0) is 42.8 Å². The van der Waals surface area contributed by atoms with Crippen molar-refractivity contribution in [1.29, 1.82) is 0 Å². The first-order chi connectivity index (χ1) is 10.7. The van der Waals surface area contributed by atoms with E-state index in [1.54, 1.807) is 6.07 Å². The number of thiocarbonyl (C=S) groups is 1. The van der Waals surface area contributed by atoms with E-state index >= 15 is 0 Å². The van der Waals surface area contributed by atoms with Crippen LogP contribution in [0, 0.1) is 11.7 Å². The zero-order valence-electron chi connectivity index (χ0n) is 13.1. The van der Waals surface area contributed by atoms with Crippen LogP contribution in [0.5, 0.6) is 0 Å². The van der Waals surface area contributed by atoms with Crippen molar-refractivity contribution < 1.29 is 12.8 Å². The van der Waals surface area contributed by atoms with Crippen LogP contribution in [0.1, 0.15) is 20.3 Å². The molecule has 128 valence electrons. The Morgan fingerprint density at radius 1 is 1.52 bits per heavy atom. The van der Waals surface area contributed by atoms with Gasteiger partial charge in [-0.2, -0.15) is 0 Å². The zero-order valence-corrected chi connectivity index (χ0v) is 15.4. The second-order valence-electron chi connectivity index (χ2n) is 6.16. The first kappa shape index (κ1) is 18.4. The molecule has 1 aromatic carbocycles. The molecule has 0 radical (unpaired) electrons. The lowest BCUT2D eigenvalue weighted by Gasteiger charge is -2.32. The average Bonchev–Trinajstić information content (AvgIpc) is 2.80. The highest BCUT2D eigenvalue weighted by Crippen LogP contribution is 2.23. The van der Waals surface area contributed by atoms with Crippen LogP contribution < -0.4 is 5.32 Å². The number of sulfone groups is 1. The molecule has 1 heterocycles. The van der Waals surface area contributed by atoms with Crippen LogP contribution in [0.2, 0.25) is 5.02 Å². The van der Waals surface area contributed by atoms with Crippen LogP contribution in [0.4, 0.5) is 10.1 Å². The fourth-order valence-electron chi connectivity index (χ4n) is 2.58. The van der Waals surface area contributed by atoms with Crippen molar-refractivity contribution in [2.45, 2.75) is 26.3 Å². The molecule has 4 nitrogen and oxygen atoms in total. The van der Waals surface area contributed by atoms with Gasteiger partial charge in [-0.3, -0.25) is 0 Å². The Kier molecular flexibility index (Phi) is 5.86. The summed E-state index contributed by atoms with van der Waals surface area (Å²) in [5, 5.41) is 3.48. The predicted octanol–water partition coefficient (Wildman–Crippen LogP) is 3.32. The van der Waals surface area contributed by atoms with Gasteiger partial charge in [-0.25, -0.2) is 12.8 Å². The molecule has 0 aliphatic carbocycles. The molecule has 1 aliphatic rings. The fraction of sp³-hybridized carbons (Fsp3) is 0.533. The largest absolute Gasteiger partial charge is 0.345 e. The van der Waals surface area contributed by atoms with Gasteiger partial charge in [0.15, 0.2) is 14.9 Å². The van der Waals surface area contributed by atoms with E-state index < -0.39 is 15.7 Å². The van der Waals surface area contributed by atoms with Gasteiger partial charge in [0, 0.05) is 18.3 Å². The lowest BCUT2D eigenvalue weighted by atomic mass is 10.1. The first-order valence-corrected chi connectivity index (χ1v) is 10.0. The van der Waals surface area contributed by atoms with Crippen LogP contribution >= 0.6 is 23.8 Å². The minimum absolute atomic E-state index is 0.0108. The monoisotopic (exact) mass is 378 g/mol. The van der Waals surface area contributed by atoms with Gasteiger partial charge in [0.05, 0.1) is 16.5 Å². The number of rotatable bonds is 4. The molecule has 8 heteroatoms. The van der Waals surface area contributed by atoms with Crippen molar-refractivity contribution in [2.24, 2.45) is 5.92 Å². The van der Waals surface area contributed by atoms with E-state index in [-0.39, 0.29) is 22.6 Å². The summed E-state index contributed by atoms with van der Waals surface area (Å²) in [7, 11) is -2.99. The topological polar surface area (TPSA) is 49.4 Å². The van der Waals surface area contributed by atoms with Gasteiger partial charge >= 0.3 is 0 Å². The second-order valence-corrected chi connectivity index (χ2v) is 9.18. The Morgan fingerprint density at radius 3 is 2.74 bits per heavy atom. The molecule has 0 aromatic heterocycles. The molecule has 1 aromatic rings. The molecule has 0 amide bonds. The quantitative estimate of drug-likeness (QED) is 0.814. The molecule has 1 atom stereocenters. The van der Waals surface area contributed by atoms with Crippen molar-refractivity contribution in [2.75, 3.05) is 23.4 Å². The summed E-state index contributed by atoms with van der Waals surface area (Å²) >= 11 is 11.2. The first-order valence-electron chi connectivity index (χ1n) is 7.41. The summed E-state index contributed by atoms with van der Waals surface area (Å²) in [5.41, 5.74) is 0.580. The van der Waals surface area contributed by atoms with Crippen LogP contribution in [0.3, 0.4) is 0 Å². The highest BCUT2D eigenvalue weighted by atomic mass is 35.5. The Hall–Kier alpha value is -0.920. The highest BCUT2D eigenvalue weighted by molar-refractivity contribution is 7.91. The van der Waals surface area contributed by atoms with Crippen molar-refractivity contribution in [3.63, 3.8) is 0 Å². The molecule has 1 fully saturated rings. The third-order valence-electron chi connectivity index (χ3n) is 3.64. The molecule has 0 unspecified atom stereocenters. The smallest absolute Gasteiger partial charge is 0.173 e. The molecule has 1 N–H and O–H groups in total. The standard InChI is InChI=1S/C15H20ClFN2O2S2/c1-10(2)8-19(12-5-6-23(20,21)9-12)15(22)18-11-3-4-14(17)13(16)7-11/h3-4,7,10,12H,5-6,8-9H2,1-2H3,(H,18,22)/t12-/m0/s1. The van der Waals surface area contributed by atoms with Crippen LogP contribution in [-0.2, 0) is 9.84 Å². The second kappa shape index (κ2) is 7.32. The third-order valence-corrected chi connectivity index (χ3v) is 6.02. The van der Waals surface area contributed by atoms with Crippen molar-refractivity contribution in [3.05, 3.63) is 29.0 Å². The summed E-state index contributed by atoms with van der Waals surface area (Å²) in [4.78, 5) is 1.92. The van der Waals surface area contributed by atoms with Gasteiger partial charge in [0.1, 0.15) is 5.82 Å². The van der Waals surface area contributed by atoms with Gasteiger partial charge in [0.2, 0.25) is 0 Å². The van der Waals surface area contributed by atoms with Crippen molar-refractivity contribution in [1.82, 2.24) is 4.90 Å². The van der Waals surface area contributed by atoms with E-state index in [0.29, 0.717) is 29.7 Å². The zero-order chi connectivity index (χ0) is 17.2. The lowest BCUT2D eigenvalue weighted by Crippen LogP contribution is -2.45. The molecule has 23 heavy (non-hydrogen) atoms. The van der Waals surface area contributed by atoms with Crippen molar-refractivity contribution >= 4 is 44.5 Å². The minimum Gasteiger partial charge on any atom is -0.345 e. The van der Waals surface area contributed by atoms with E-state index in [4.69, 9.17) is 23.8 Å². The molecule has 2 rings (SSSR count). The van der Waals surface area contributed by atoms with E-state index in [1.165, 1.54) is 12.1 Å². The van der Waals surface area contributed by atoms with Crippen LogP contribution in [0.15, 0.2) is 18.2 Å². The van der Waals surface area contributed by atoms with E-state index in [1.807, 2.05) is 18.7 Å². The summed E-state index contributed by atoms with van der Waals surface area (Å²) in [6, 6.07) is 4.15. The SMILES string of the molecule is CC(C)CN(C(=S)Nc1ccc(F)c(Cl)c1)[C@H]1CCS(=O)(=O)C1. The van der Waals surface area contributed by atoms with Crippen LogP contribution in [-0.4, -0.2) is 42.5 Å². The fourth-order valence-corrected chi connectivity index (χ4v) is 4.83. The number of hydrogen-bond donors (Lipinski definition) is 1. The summed E-state index contributed by atoms with van der Waals surface area (Å²) in [6.45, 7) is 4.75. The van der Waals surface area contributed by atoms with Crippen molar-refractivity contribution in [3.8, 4) is 0 Å². The maximum Gasteiger partial charge on any atom is 0.173 e. The number of hydrogen-bond acceptors (Lipinski definition) is 3. The molecule has 0 saturated carbocycles. The Morgan fingerprint density at radius 2 is 2.22 bits per heavy atom. The third kappa shape index (κ3) is 5.02. The molecular formula is C15H20ClFN2O2S2. The maximum absolute atomic E-state index is 13.2. The Balaban J connectivity index is 2.14. The molecular weight excluding hydrogens is 359 g/mol. The number of nitrogens with zero attached hydrogens (tertiary/aromatic N) is 1. The average molecular weight is 379 g/mol. The van der Waals surface area contributed by atoms with Crippen LogP contribution in [0.25, 0.3) is 0 Å². The predicted molar refractivity (Wildman–Crippen MR) is 96.2 cm³/mol. The lowest BCUT2D eigenvalue weighted by molar-refractivity contribution is 0.303. The summed E-state index contributed by atoms with van der Waals surface area (Å²) in [6.07, 6.45) is 0.570. The number of benzene rings is 1. The highest BCUT2D eigenvalue weighted by Gasteiger charge is 2.33. The number of halogens is 2. The molecule has 0 spiro atoms. The molecule has 1 aliphatic heterocycles. The molecule has 1 saturated heterocycles. The number of nitrogens with one attached hydrogen (secondary N) is 1. The maximum atomic E-state index is 13.2. The Bertz CT molecular complexity index is 695. The normalized spacial score (nSPS) is 19.8. The van der Waals surface area contributed by atoms with Gasteiger partial charge < -0.3 is 10.2 Å².